The van der Waals surface area contributed by atoms with Gasteiger partial charge in [0.25, 0.3) is 0 Å². The van der Waals surface area contributed by atoms with E-state index in [0.29, 0.717) is 16.9 Å². The predicted octanol–water partition coefficient (Wildman–Crippen LogP) is 8.42. The molecule has 0 saturated heterocycles. The van der Waals surface area contributed by atoms with Gasteiger partial charge in [-0.05, 0) is 104 Å². The molecule has 4 rings (SSSR count). The Kier molecular flexibility index (Phi) is 9.66. The molecule has 0 amide bonds. The van der Waals surface area contributed by atoms with Gasteiger partial charge in [-0.3, -0.25) is 0 Å². The number of nitrogens with zero attached hydrogens (tertiary/aromatic N) is 1. The summed E-state index contributed by atoms with van der Waals surface area (Å²) in [5.41, 5.74) is 4.43. The molecule has 0 unspecified atom stereocenters. The highest BCUT2D eigenvalue weighted by molar-refractivity contribution is 7.99. The van der Waals surface area contributed by atoms with Crippen molar-refractivity contribution in [1.29, 1.82) is 0 Å². The van der Waals surface area contributed by atoms with Crippen LogP contribution < -0.4 is 14.4 Å². The van der Waals surface area contributed by atoms with Crippen LogP contribution in [-0.4, -0.2) is 19.0 Å². The third-order valence-corrected chi connectivity index (χ3v) is 6.97. The molecule has 0 bridgehead atoms. The van der Waals surface area contributed by atoms with E-state index in [1.54, 1.807) is 44.9 Å². The van der Waals surface area contributed by atoms with Gasteiger partial charge in [0.15, 0.2) is 0 Å². The van der Waals surface area contributed by atoms with Crippen molar-refractivity contribution in [1.82, 2.24) is 0 Å². The second-order valence-corrected chi connectivity index (χ2v) is 10.4. The van der Waals surface area contributed by atoms with Gasteiger partial charge in [-0.15, -0.1) is 0 Å². The minimum Gasteiger partial charge on any atom is -0.497 e. The zero-order chi connectivity index (χ0) is 29.4. The molecule has 0 spiro atoms. The highest BCUT2D eigenvalue weighted by Crippen LogP contribution is 2.38. The highest BCUT2D eigenvalue weighted by atomic mass is 32.2. The SMILES string of the molecule is C=C(C)C(=O)OCc1ccc(Sc2ccc(N(c3ccc(OC)cc3)c3ccc(OC(=O)C(=C)C)cc3)cc2)cc1. The Morgan fingerprint density at radius 3 is 1.56 bits per heavy atom. The zero-order valence-electron chi connectivity index (χ0n) is 23.3. The summed E-state index contributed by atoms with van der Waals surface area (Å²) >= 11 is 1.64. The number of carbonyl (C=O) groups excluding carboxylic acids is 2. The van der Waals surface area contributed by atoms with Crippen LogP contribution >= 0.6 is 11.8 Å². The number of hydrogen-bond donors (Lipinski definition) is 0. The summed E-state index contributed by atoms with van der Waals surface area (Å²) in [5, 5.41) is 0. The molecule has 0 N–H and O–H groups in total. The minimum atomic E-state index is -0.460. The molecule has 0 radical (unpaired) electrons. The lowest BCUT2D eigenvalue weighted by Gasteiger charge is -2.26. The molecule has 0 aliphatic rings. The number of benzene rings is 4. The monoisotopic (exact) mass is 565 g/mol. The van der Waals surface area contributed by atoms with Gasteiger partial charge in [0.05, 0.1) is 7.11 Å². The fraction of sp³-hybridized carbons (Fsp3) is 0.118. The summed E-state index contributed by atoms with van der Waals surface area (Å²) in [4.78, 5) is 27.8. The van der Waals surface area contributed by atoms with E-state index in [1.165, 1.54) is 0 Å². The van der Waals surface area contributed by atoms with Crippen LogP contribution in [-0.2, 0) is 20.9 Å². The first-order chi connectivity index (χ1) is 19.7. The topological polar surface area (TPSA) is 65.1 Å². The molecule has 7 heteroatoms. The van der Waals surface area contributed by atoms with E-state index in [-0.39, 0.29) is 6.61 Å². The molecule has 0 fully saturated rings. The molecular weight excluding hydrogens is 534 g/mol. The van der Waals surface area contributed by atoms with Crippen molar-refractivity contribution in [3.05, 3.63) is 127 Å². The Morgan fingerprint density at radius 2 is 1.10 bits per heavy atom. The van der Waals surface area contributed by atoms with E-state index < -0.39 is 11.9 Å². The van der Waals surface area contributed by atoms with Crippen molar-refractivity contribution in [3.8, 4) is 11.5 Å². The molecule has 4 aromatic rings. The number of rotatable bonds is 11. The summed E-state index contributed by atoms with van der Waals surface area (Å²) < 4.78 is 15.9. The fourth-order valence-electron chi connectivity index (χ4n) is 3.76. The summed E-state index contributed by atoms with van der Waals surface area (Å²) in [6.45, 7) is 10.7. The zero-order valence-corrected chi connectivity index (χ0v) is 24.1. The van der Waals surface area contributed by atoms with E-state index in [1.807, 2.05) is 60.7 Å². The van der Waals surface area contributed by atoms with Gasteiger partial charge in [-0.1, -0.05) is 37.1 Å². The van der Waals surface area contributed by atoms with Crippen LogP contribution in [0.5, 0.6) is 11.5 Å². The second-order valence-electron chi connectivity index (χ2n) is 9.29. The molecular formula is C34H31NO5S. The van der Waals surface area contributed by atoms with Crippen LogP contribution in [0.3, 0.4) is 0 Å². The Morgan fingerprint density at radius 1 is 0.659 bits per heavy atom. The normalized spacial score (nSPS) is 10.4. The Balaban J connectivity index is 1.52. The molecule has 6 nitrogen and oxygen atoms in total. The molecule has 41 heavy (non-hydrogen) atoms. The summed E-state index contributed by atoms with van der Waals surface area (Å²) in [7, 11) is 1.64. The van der Waals surface area contributed by atoms with Crippen molar-refractivity contribution >= 4 is 40.8 Å². The molecule has 4 aromatic carbocycles. The molecule has 0 aromatic heterocycles. The third-order valence-electron chi connectivity index (χ3n) is 5.96. The van der Waals surface area contributed by atoms with Crippen molar-refractivity contribution in [2.24, 2.45) is 0 Å². The smallest absolute Gasteiger partial charge is 0.338 e. The standard InChI is InChI=1S/C34H31NO5S/c1-23(2)33(36)39-22-25-6-18-31(19-7-25)41-32-20-12-28(13-21-32)35(26-8-14-29(38-5)15-9-26)27-10-16-30(17-11-27)40-34(37)24(3)4/h6-21H,1,3,22H2,2,4-5H3. The molecule has 0 atom stereocenters. The number of ether oxygens (including phenoxy) is 3. The maximum atomic E-state index is 11.9. The molecule has 208 valence electrons. The Labute approximate surface area is 244 Å². The molecule has 0 aliphatic heterocycles. The average molecular weight is 566 g/mol. The van der Waals surface area contributed by atoms with Gasteiger partial charge in [0, 0.05) is 38.0 Å². The average Bonchev–Trinajstić information content (AvgIpc) is 2.98. The first kappa shape index (κ1) is 29.2. The van der Waals surface area contributed by atoms with Gasteiger partial charge in [0.1, 0.15) is 18.1 Å². The van der Waals surface area contributed by atoms with Gasteiger partial charge in [-0.2, -0.15) is 0 Å². The van der Waals surface area contributed by atoms with Crippen molar-refractivity contribution < 1.29 is 23.8 Å². The fourth-order valence-corrected chi connectivity index (χ4v) is 4.58. The van der Waals surface area contributed by atoms with Crippen LogP contribution in [0.1, 0.15) is 19.4 Å². The van der Waals surface area contributed by atoms with Crippen molar-refractivity contribution in [2.75, 3.05) is 12.0 Å². The lowest BCUT2D eigenvalue weighted by molar-refractivity contribution is -0.140. The largest absolute Gasteiger partial charge is 0.497 e. The van der Waals surface area contributed by atoms with E-state index in [2.05, 4.69) is 42.3 Å². The number of carbonyl (C=O) groups is 2. The second kappa shape index (κ2) is 13.5. The molecule has 0 heterocycles. The molecule has 0 aliphatic carbocycles. The van der Waals surface area contributed by atoms with Crippen LogP contribution in [0, 0.1) is 0 Å². The lowest BCUT2D eigenvalue weighted by Crippen LogP contribution is -2.11. The third kappa shape index (κ3) is 7.90. The Bertz CT molecular complexity index is 1530. The van der Waals surface area contributed by atoms with E-state index in [9.17, 15) is 9.59 Å². The van der Waals surface area contributed by atoms with E-state index >= 15 is 0 Å². The number of anilines is 3. The van der Waals surface area contributed by atoms with Crippen LogP contribution in [0.15, 0.2) is 131 Å². The summed E-state index contributed by atoms with van der Waals surface area (Å²) in [5.74, 6) is 0.360. The lowest BCUT2D eigenvalue weighted by atomic mass is 10.2. The van der Waals surface area contributed by atoms with Gasteiger partial charge in [0.2, 0.25) is 0 Å². The highest BCUT2D eigenvalue weighted by Gasteiger charge is 2.14. The van der Waals surface area contributed by atoms with Crippen molar-refractivity contribution in [2.45, 2.75) is 30.2 Å². The minimum absolute atomic E-state index is 0.212. The Hall–Kier alpha value is -4.75. The van der Waals surface area contributed by atoms with Gasteiger partial charge in [-0.25, -0.2) is 9.59 Å². The summed E-state index contributed by atoms with van der Waals surface area (Å²) in [6, 6.07) is 31.3. The number of hydrogen-bond acceptors (Lipinski definition) is 7. The maximum Gasteiger partial charge on any atom is 0.338 e. The van der Waals surface area contributed by atoms with Gasteiger partial charge >= 0.3 is 11.9 Å². The first-order valence-corrected chi connectivity index (χ1v) is 13.7. The van der Waals surface area contributed by atoms with Gasteiger partial charge < -0.3 is 19.1 Å². The van der Waals surface area contributed by atoms with Crippen LogP contribution in [0.4, 0.5) is 17.1 Å². The maximum absolute atomic E-state index is 11.9. The van der Waals surface area contributed by atoms with E-state index in [0.717, 1.165) is 38.2 Å². The summed E-state index contributed by atoms with van der Waals surface area (Å²) in [6.07, 6.45) is 0. The number of methoxy groups -OCH3 is 1. The van der Waals surface area contributed by atoms with Crippen molar-refractivity contribution in [3.63, 3.8) is 0 Å². The number of esters is 2. The first-order valence-electron chi connectivity index (χ1n) is 12.8. The van der Waals surface area contributed by atoms with Crippen LogP contribution in [0.2, 0.25) is 0 Å². The van der Waals surface area contributed by atoms with E-state index in [4.69, 9.17) is 14.2 Å². The predicted molar refractivity (Wildman–Crippen MR) is 163 cm³/mol. The van der Waals surface area contributed by atoms with Crippen LogP contribution in [0.25, 0.3) is 0 Å². The molecule has 0 saturated carbocycles. The quantitative estimate of drug-likeness (QED) is 0.103.